The van der Waals surface area contributed by atoms with Crippen molar-refractivity contribution in [2.45, 2.75) is 45.2 Å². The van der Waals surface area contributed by atoms with Gasteiger partial charge in [0, 0.05) is 30.9 Å². The molecule has 7 nitrogen and oxygen atoms in total. The number of carboxylic acid groups (broad SMARTS) is 1. The van der Waals surface area contributed by atoms with Crippen LogP contribution >= 0.6 is 0 Å². The van der Waals surface area contributed by atoms with Crippen molar-refractivity contribution < 1.29 is 14.7 Å². The number of nitrogens with zero attached hydrogens (tertiary/aromatic N) is 2. The van der Waals surface area contributed by atoms with E-state index in [2.05, 4.69) is 22.2 Å². The fourth-order valence-electron chi connectivity index (χ4n) is 2.76. The summed E-state index contributed by atoms with van der Waals surface area (Å²) < 4.78 is 0. The number of aliphatic carboxylic acids is 1. The van der Waals surface area contributed by atoms with E-state index >= 15 is 0 Å². The van der Waals surface area contributed by atoms with Crippen LogP contribution in [0.5, 0.6) is 0 Å². The molecule has 1 saturated heterocycles. The third-order valence-electron chi connectivity index (χ3n) is 3.97. The maximum Gasteiger partial charge on any atom is 0.326 e. The Morgan fingerprint density at radius 1 is 1.57 bits per heavy atom. The molecule has 0 saturated carbocycles. The first-order valence-electron chi connectivity index (χ1n) is 7.24. The molecule has 1 aromatic heterocycles. The minimum Gasteiger partial charge on any atom is -0.480 e. The highest BCUT2D eigenvalue weighted by Gasteiger charge is 2.29. The van der Waals surface area contributed by atoms with Crippen molar-refractivity contribution in [3.63, 3.8) is 0 Å². The van der Waals surface area contributed by atoms with E-state index in [1.165, 1.54) is 6.33 Å². The van der Waals surface area contributed by atoms with E-state index < -0.39 is 12.0 Å². The SMILES string of the molecule is CC1CCN(C(=O)NC(Cc2cnc[nH]2)C(=O)O)C(C)C1. The molecular formula is C14H22N4O3. The van der Waals surface area contributed by atoms with E-state index in [1.54, 1.807) is 11.1 Å². The molecule has 0 aromatic carbocycles. The van der Waals surface area contributed by atoms with Crippen molar-refractivity contribution in [1.29, 1.82) is 0 Å². The molecule has 0 radical (unpaired) electrons. The Kier molecular flexibility index (Phi) is 4.82. The van der Waals surface area contributed by atoms with Crippen LogP contribution in [0.15, 0.2) is 12.5 Å². The molecule has 1 aromatic rings. The number of piperidine rings is 1. The lowest BCUT2D eigenvalue weighted by Crippen LogP contribution is -2.53. The van der Waals surface area contributed by atoms with Crippen LogP contribution in [0.4, 0.5) is 4.79 Å². The molecule has 1 aliphatic heterocycles. The molecule has 2 rings (SSSR count). The summed E-state index contributed by atoms with van der Waals surface area (Å²) in [5.41, 5.74) is 0.683. The van der Waals surface area contributed by atoms with E-state index in [0.717, 1.165) is 12.8 Å². The number of carboxylic acids is 1. The molecule has 7 heteroatoms. The maximum atomic E-state index is 12.3. The van der Waals surface area contributed by atoms with E-state index in [1.807, 2.05) is 6.92 Å². The van der Waals surface area contributed by atoms with E-state index in [0.29, 0.717) is 18.2 Å². The quantitative estimate of drug-likeness (QED) is 0.778. The fraction of sp³-hybridized carbons (Fsp3) is 0.643. The first-order chi connectivity index (χ1) is 9.97. The van der Waals surface area contributed by atoms with Gasteiger partial charge in [-0.2, -0.15) is 0 Å². The second-order valence-electron chi connectivity index (χ2n) is 5.79. The lowest BCUT2D eigenvalue weighted by Gasteiger charge is -2.37. The number of rotatable bonds is 4. The van der Waals surface area contributed by atoms with E-state index in [-0.39, 0.29) is 18.5 Å². The Bertz CT molecular complexity index is 488. The van der Waals surface area contributed by atoms with Crippen LogP contribution in [0, 0.1) is 5.92 Å². The van der Waals surface area contributed by atoms with Gasteiger partial charge < -0.3 is 20.3 Å². The highest BCUT2D eigenvalue weighted by molar-refractivity contribution is 5.83. The van der Waals surface area contributed by atoms with Crippen molar-refractivity contribution in [3.8, 4) is 0 Å². The third-order valence-corrected chi connectivity index (χ3v) is 3.97. The molecule has 1 aliphatic rings. The second kappa shape index (κ2) is 6.60. The Balaban J connectivity index is 1.96. The number of aromatic amines is 1. The molecule has 2 amide bonds. The molecule has 116 valence electrons. The van der Waals surface area contributed by atoms with Crippen LogP contribution in [0.1, 0.15) is 32.4 Å². The molecule has 1 fully saturated rings. The van der Waals surface area contributed by atoms with Gasteiger partial charge in [0.25, 0.3) is 0 Å². The number of aromatic nitrogens is 2. The number of hydrogen-bond donors (Lipinski definition) is 3. The zero-order valence-corrected chi connectivity index (χ0v) is 12.4. The van der Waals surface area contributed by atoms with Gasteiger partial charge in [0.2, 0.25) is 0 Å². The van der Waals surface area contributed by atoms with Crippen molar-refractivity contribution in [2.24, 2.45) is 5.92 Å². The summed E-state index contributed by atoms with van der Waals surface area (Å²) in [7, 11) is 0. The molecule has 0 spiro atoms. The van der Waals surface area contributed by atoms with Gasteiger partial charge in [0.15, 0.2) is 0 Å². The van der Waals surface area contributed by atoms with Gasteiger partial charge in [-0.25, -0.2) is 14.6 Å². The number of likely N-dealkylation sites (tertiary alicyclic amines) is 1. The molecule has 2 heterocycles. The number of nitrogens with one attached hydrogen (secondary N) is 2. The van der Waals surface area contributed by atoms with Crippen LogP contribution in [0.2, 0.25) is 0 Å². The standard InChI is InChI=1S/C14H22N4O3/c1-9-3-4-18(10(2)5-9)14(21)17-12(13(19)20)6-11-7-15-8-16-11/h7-10,12H,3-6H2,1-2H3,(H,15,16)(H,17,21)(H,19,20). The Labute approximate surface area is 123 Å². The number of hydrogen-bond acceptors (Lipinski definition) is 3. The summed E-state index contributed by atoms with van der Waals surface area (Å²) >= 11 is 0. The van der Waals surface area contributed by atoms with Gasteiger partial charge in [-0.05, 0) is 25.7 Å². The molecule has 0 bridgehead atoms. The average Bonchev–Trinajstić information content (AvgIpc) is 2.90. The molecule has 3 N–H and O–H groups in total. The number of amides is 2. The van der Waals surface area contributed by atoms with Gasteiger partial charge in [0.1, 0.15) is 6.04 Å². The summed E-state index contributed by atoms with van der Waals surface area (Å²) in [6.45, 7) is 4.84. The largest absolute Gasteiger partial charge is 0.480 e. The molecule has 3 atom stereocenters. The van der Waals surface area contributed by atoms with Crippen LogP contribution in [-0.4, -0.2) is 50.6 Å². The van der Waals surface area contributed by atoms with Crippen LogP contribution in [0.3, 0.4) is 0 Å². The Morgan fingerprint density at radius 2 is 2.33 bits per heavy atom. The summed E-state index contributed by atoms with van der Waals surface area (Å²) in [5.74, 6) is -0.444. The normalized spacial score (nSPS) is 23.6. The van der Waals surface area contributed by atoms with E-state index in [9.17, 15) is 14.7 Å². The number of carbonyl (C=O) groups is 2. The fourth-order valence-corrected chi connectivity index (χ4v) is 2.76. The second-order valence-corrected chi connectivity index (χ2v) is 5.79. The van der Waals surface area contributed by atoms with Crippen molar-refractivity contribution in [2.75, 3.05) is 6.54 Å². The van der Waals surface area contributed by atoms with Crippen LogP contribution in [-0.2, 0) is 11.2 Å². The zero-order valence-electron chi connectivity index (χ0n) is 12.4. The van der Waals surface area contributed by atoms with Gasteiger partial charge in [0.05, 0.1) is 6.33 Å². The third kappa shape index (κ3) is 3.96. The van der Waals surface area contributed by atoms with Crippen LogP contribution in [0.25, 0.3) is 0 Å². The lowest BCUT2D eigenvalue weighted by molar-refractivity contribution is -0.139. The Hall–Kier alpha value is -2.05. The number of imidazole rings is 1. The van der Waals surface area contributed by atoms with Crippen molar-refractivity contribution in [3.05, 3.63) is 18.2 Å². The number of urea groups is 1. The monoisotopic (exact) mass is 294 g/mol. The smallest absolute Gasteiger partial charge is 0.326 e. The molecule has 0 aliphatic carbocycles. The topological polar surface area (TPSA) is 98.3 Å². The number of H-pyrrole nitrogens is 1. The van der Waals surface area contributed by atoms with Crippen molar-refractivity contribution in [1.82, 2.24) is 20.2 Å². The summed E-state index contributed by atoms with van der Waals surface area (Å²) in [6, 6.07) is -1.12. The Morgan fingerprint density at radius 3 is 2.90 bits per heavy atom. The molecule has 21 heavy (non-hydrogen) atoms. The minimum absolute atomic E-state index is 0.135. The summed E-state index contributed by atoms with van der Waals surface area (Å²) in [5, 5.41) is 11.9. The van der Waals surface area contributed by atoms with Crippen molar-refractivity contribution >= 4 is 12.0 Å². The first-order valence-corrected chi connectivity index (χ1v) is 7.24. The highest BCUT2D eigenvalue weighted by Crippen LogP contribution is 2.22. The molecule has 3 unspecified atom stereocenters. The first kappa shape index (κ1) is 15.3. The van der Waals surface area contributed by atoms with Crippen LogP contribution < -0.4 is 5.32 Å². The molecular weight excluding hydrogens is 272 g/mol. The minimum atomic E-state index is -1.05. The van der Waals surface area contributed by atoms with E-state index in [4.69, 9.17) is 0 Å². The summed E-state index contributed by atoms with van der Waals surface area (Å²) in [4.78, 5) is 32.0. The predicted molar refractivity (Wildman–Crippen MR) is 76.8 cm³/mol. The van der Waals surface area contributed by atoms with Gasteiger partial charge in [-0.15, -0.1) is 0 Å². The van der Waals surface area contributed by atoms with Gasteiger partial charge in [-0.3, -0.25) is 0 Å². The predicted octanol–water partition coefficient (Wildman–Crippen LogP) is 1.24. The van der Waals surface area contributed by atoms with Gasteiger partial charge >= 0.3 is 12.0 Å². The zero-order chi connectivity index (χ0) is 15.4. The average molecular weight is 294 g/mol. The number of carbonyl (C=O) groups excluding carboxylic acids is 1. The maximum absolute atomic E-state index is 12.3. The lowest BCUT2D eigenvalue weighted by atomic mass is 9.94. The van der Waals surface area contributed by atoms with Gasteiger partial charge in [-0.1, -0.05) is 6.92 Å². The highest BCUT2D eigenvalue weighted by atomic mass is 16.4. The summed E-state index contributed by atoms with van der Waals surface area (Å²) in [6.07, 6.45) is 5.15.